The molecule has 31 heavy (non-hydrogen) atoms. The van der Waals surface area contributed by atoms with Gasteiger partial charge in [-0.15, -0.1) is 11.8 Å². The average molecular weight is 453 g/mol. The van der Waals surface area contributed by atoms with Crippen molar-refractivity contribution in [3.63, 3.8) is 0 Å². The summed E-state index contributed by atoms with van der Waals surface area (Å²) in [4.78, 5) is 15.4. The van der Waals surface area contributed by atoms with Crippen molar-refractivity contribution in [3.8, 4) is 5.75 Å². The zero-order chi connectivity index (χ0) is 22.3. The molecular weight excluding hydrogens is 425 g/mol. The van der Waals surface area contributed by atoms with Gasteiger partial charge in [-0.25, -0.2) is 0 Å². The molecule has 1 aliphatic heterocycles. The predicted octanol–water partition coefficient (Wildman–Crippen LogP) is 4.98. The third kappa shape index (κ3) is 7.47. The summed E-state index contributed by atoms with van der Waals surface area (Å²) in [7, 11) is 0. The molecular formula is C23H27F3N2O2S. The van der Waals surface area contributed by atoms with E-state index < -0.39 is 11.7 Å². The number of rotatable bonds is 8. The second-order valence-corrected chi connectivity index (χ2v) is 8.56. The first-order chi connectivity index (χ1) is 14.8. The van der Waals surface area contributed by atoms with Crippen LogP contribution in [-0.2, 0) is 17.5 Å². The first kappa shape index (κ1) is 23.5. The molecule has 3 rings (SSSR count). The van der Waals surface area contributed by atoms with Crippen molar-refractivity contribution in [1.29, 1.82) is 0 Å². The molecule has 168 valence electrons. The van der Waals surface area contributed by atoms with Gasteiger partial charge in [0.2, 0.25) is 5.91 Å². The van der Waals surface area contributed by atoms with Crippen molar-refractivity contribution < 1.29 is 22.7 Å². The fraction of sp³-hybridized carbons (Fsp3) is 0.435. The van der Waals surface area contributed by atoms with E-state index in [4.69, 9.17) is 4.74 Å². The van der Waals surface area contributed by atoms with Crippen LogP contribution in [0.5, 0.6) is 5.75 Å². The van der Waals surface area contributed by atoms with Gasteiger partial charge in [0.15, 0.2) is 0 Å². The van der Waals surface area contributed by atoms with E-state index in [0.717, 1.165) is 42.6 Å². The number of piperidine rings is 1. The zero-order valence-electron chi connectivity index (χ0n) is 17.5. The highest BCUT2D eigenvalue weighted by Crippen LogP contribution is 2.30. The van der Waals surface area contributed by atoms with Crippen molar-refractivity contribution in [3.05, 3.63) is 59.7 Å². The second-order valence-electron chi connectivity index (χ2n) is 7.51. The molecule has 0 radical (unpaired) electrons. The van der Waals surface area contributed by atoms with Gasteiger partial charge in [0, 0.05) is 30.6 Å². The van der Waals surface area contributed by atoms with E-state index in [-0.39, 0.29) is 11.9 Å². The van der Waals surface area contributed by atoms with E-state index in [9.17, 15) is 18.0 Å². The van der Waals surface area contributed by atoms with Gasteiger partial charge in [-0.1, -0.05) is 18.2 Å². The van der Waals surface area contributed by atoms with E-state index >= 15 is 0 Å². The summed E-state index contributed by atoms with van der Waals surface area (Å²) in [6.07, 6.45) is -2.74. The second kappa shape index (κ2) is 10.9. The van der Waals surface area contributed by atoms with Gasteiger partial charge >= 0.3 is 6.18 Å². The molecule has 0 aromatic heterocycles. The average Bonchev–Trinajstić information content (AvgIpc) is 2.74. The Bertz CT molecular complexity index is 851. The molecule has 2 aromatic carbocycles. The van der Waals surface area contributed by atoms with Gasteiger partial charge in [-0.05, 0) is 55.7 Å². The topological polar surface area (TPSA) is 41.6 Å². The highest BCUT2D eigenvalue weighted by atomic mass is 32.2. The maximum atomic E-state index is 12.9. The smallest absolute Gasteiger partial charge is 0.416 e. The lowest BCUT2D eigenvalue weighted by molar-refractivity contribution is -0.137. The Labute approximate surface area is 185 Å². The number of hydrogen-bond acceptors (Lipinski definition) is 4. The van der Waals surface area contributed by atoms with Crippen molar-refractivity contribution >= 4 is 17.7 Å². The molecule has 0 atom stereocenters. The SMILES string of the molecule is CCOc1ccc(SCC(=O)NC2CCN(Cc3cccc(C(F)(F)F)c3)CC2)cc1. The molecule has 1 saturated heterocycles. The molecule has 0 bridgehead atoms. The molecule has 8 heteroatoms. The number of alkyl halides is 3. The van der Waals surface area contributed by atoms with Crippen molar-refractivity contribution in [1.82, 2.24) is 10.2 Å². The number of likely N-dealkylation sites (tertiary alicyclic amines) is 1. The third-order valence-corrected chi connectivity index (χ3v) is 6.13. The fourth-order valence-electron chi connectivity index (χ4n) is 3.56. The number of nitrogens with one attached hydrogen (secondary N) is 1. The minimum absolute atomic E-state index is 0.00443. The molecule has 1 aliphatic rings. The summed E-state index contributed by atoms with van der Waals surface area (Å²) in [5.74, 6) is 1.15. The van der Waals surface area contributed by atoms with Crippen LogP contribution >= 0.6 is 11.8 Å². The lowest BCUT2D eigenvalue weighted by Crippen LogP contribution is -2.44. The molecule has 1 amide bonds. The van der Waals surface area contributed by atoms with Crippen LogP contribution < -0.4 is 10.1 Å². The van der Waals surface area contributed by atoms with Crippen LogP contribution in [0.3, 0.4) is 0 Å². The lowest BCUT2D eigenvalue weighted by Gasteiger charge is -2.32. The van der Waals surface area contributed by atoms with Gasteiger partial charge < -0.3 is 10.1 Å². The minimum Gasteiger partial charge on any atom is -0.494 e. The fourth-order valence-corrected chi connectivity index (χ4v) is 4.27. The van der Waals surface area contributed by atoms with E-state index in [1.165, 1.54) is 23.9 Å². The number of carbonyl (C=O) groups excluding carboxylic acids is 1. The Morgan fingerprint density at radius 2 is 1.87 bits per heavy atom. The van der Waals surface area contributed by atoms with Crippen molar-refractivity contribution in [2.24, 2.45) is 0 Å². The van der Waals surface area contributed by atoms with Gasteiger partial charge in [-0.3, -0.25) is 9.69 Å². The first-order valence-electron chi connectivity index (χ1n) is 10.4. The van der Waals surface area contributed by atoms with Gasteiger partial charge in [0.25, 0.3) is 0 Å². The van der Waals surface area contributed by atoms with Crippen LogP contribution in [0, 0.1) is 0 Å². The zero-order valence-corrected chi connectivity index (χ0v) is 18.3. The van der Waals surface area contributed by atoms with Crippen LogP contribution in [0.4, 0.5) is 13.2 Å². The Kier molecular flexibility index (Phi) is 8.26. The standard InChI is InChI=1S/C23H27F3N2O2S/c1-2-30-20-6-8-21(9-7-20)31-16-22(29)27-19-10-12-28(13-11-19)15-17-4-3-5-18(14-17)23(24,25)26/h3-9,14,19H,2,10-13,15-16H2,1H3,(H,27,29). The Morgan fingerprint density at radius 3 is 2.52 bits per heavy atom. The normalized spacial score (nSPS) is 15.6. The van der Waals surface area contributed by atoms with Crippen LogP contribution in [0.2, 0.25) is 0 Å². The van der Waals surface area contributed by atoms with Crippen LogP contribution in [0.1, 0.15) is 30.9 Å². The number of benzene rings is 2. The Hall–Kier alpha value is -2.19. The number of carbonyl (C=O) groups is 1. The van der Waals surface area contributed by atoms with Crippen LogP contribution in [0.25, 0.3) is 0 Å². The maximum Gasteiger partial charge on any atom is 0.416 e. The molecule has 0 unspecified atom stereocenters. The monoisotopic (exact) mass is 452 g/mol. The summed E-state index contributed by atoms with van der Waals surface area (Å²) < 4.78 is 44.0. The molecule has 0 spiro atoms. The molecule has 1 heterocycles. The number of thioether (sulfide) groups is 1. The maximum absolute atomic E-state index is 12.9. The lowest BCUT2D eigenvalue weighted by atomic mass is 10.0. The highest BCUT2D eigenvalue weighted by molar-refractivity contribution is 8.00. The van der Waals surface area contributed by atoms with E-state index in [2.05, 4.69) is 10.2 Å². The molecule has 4 nitrogen and oxygen atoms in total. The van der Waals surface area contributed by atoms with Gasteiger partial charge in [0.05, 0.1) is 17.9 Å². The molecule has 1 fully saturated rings. The van der Waals surface area contributed by atoms with Gasteiger partial charge in [0.1, 0.15) is 5.75 Å². The summed E-state index contributed by atoms with van der Waals surface area (Å²) in [5.41, 5.74) is 0.0428. The summed E-state index contributed by atoms with van der Waals surface area (Å²) >= 11 is 1.48. The van der Waals surface area contributed by atoms with E-state index in [0.29, 0.717) is 24.5 Å². The largest absolute Gasteiger partial charge is 0.494 e. The number of nitrogens with zero attached hydrogens (tertiary/aromatic N) is 1. The summed E-state index contributed by atoms with van der Waals surface area (Å²) in [5, 5.41) is 3.07. The number of ether oxygens (including phenoxy) is 1. The summed E-state index contributed by atoms with van der Waals surface area (Å²) in [6, 6.07) is 13.3. The predicted molar refractivity (Wildman–Crippen MR) is 116 cm³/mol. The van der Waals surface area contributed by atoms with Crippen molar-refractivity contribution in [2.45, 2.75) is 43.4 Å². The van der Waals surface area contributed by atoms with Crippen LogP contribution in [-0.4, -0.2) is 42.3 Å². The molecule has 0 aliphatic carbocycles. The summed E-state index contributed by atoms with van der Waals surface area (Å²) in [6.45, 7) is 4.52. The Morgan fingerprint density at radius 1 is 1.16 bits per heavy atom. The number of amides is 1. The minimum atomic E-state index is -4.32. The molecule has 2 aromatic rings. The molecule has 1 N–H and O–H groups in total. The van der Waals surface area contributed by atoms with Crippen molar-refractivity contribution in [2.75, 3.05) is 25.4 Å². The quantitative estimate of drug-likeness (QED) is 0.574. The third-order valence-electron chi connectivity index (χ3n) is 5.12. The molecule has 0 saturated carbocycles. The number of halogens is 3. The van der Waals surface area contributed by atoms with E-state index in [1.54, 1.807) is 6.07 Å². The van der Waals surface area contributed by atoms with Gasteiger partial charge in [-0.2, -0.15) is 13.2 Å². The van der Waals surface area contributed by atoms with Crippen LogP contribution in [0.15, 0.2) is 53.4 Å². The first-order valence-corrected chi connectivity index (χ1v) is 11.4. The highest BCUT2D eigenvalue weighted by Gasteiger charge is 2.30. The number of hydrogen-bond donors (Lipinski definition) is 1. The van der Waals surface area contributed by atoms with E-state index in [1.807, 2.05) is 31.2 Å². The Balaban J connectivity index is 1.39.